The van der Waals surface area contributed by atoms with Gasteiger partial charge in [-0.05, 0) is 25.1 Å². The van der Waals surface area contributed by atoms with Gasteiger partial charge in [-0.3, -0.25) is 0 Å². The van der Waals surface area contributed by atoms with Crippen molar-refractivity contribution in [2.45, 2.75) is 13.8 Å². The summed E-state index contributed by atoms with van der Waals surface area (Å²) < 4.78 is 0. The monoisotopic (exact) mass is 109 g/mol. The zero-order chi connectivity index (χ0) is 5.98. The Morgan fingerprint density at radius 1 is 1.12 bits per heavy atom. The van der Waals surface area contributed by atoms with Gasteiger partial charge in [-0.2, -0.15) is 0 Å². The van der Waals surface area contributed by atoms with E-state index < -0.39 is 0 Å². The molecule has 3 nitrogen and oxygen atoms in total. The highest BCUT2D eigenvalue weighted by atomic mass is 15.3. The third-order valence-electron chi connectivity index (χ3n) is 0.823. The summed E-state index contributed by atoms with van der Waals surface area (Å²) in [6, 6.07) is 1.88. The van der Waals surface area contributed by atoms with E-state index in [4.69, 9.17) is 0 Å². The van der Waals surface area contributed by atoms with Crippen LogP contribution in [0.5, 0.6) is 0 Å². The van der Waals surface area contributed by atoms with Crippen molar-refractivity contribution in [1.82, 2.24) is 15.4 Å². The van der Waals surface area contributed by atoms with E-state index in [1.54, 1.807) is 0 Å². The van der Waals surface area contributed by atoms with Crippen molar-refractivity contribution in [3.63, 3.8) is 0 Å². The maximum absolute atomic E-state index is 3.68. The van der Waals surface area contributed by atoms with Crippen LogP contribution in [-0.4, -0.2) is 15.4 Å². The zero-order valence-corrected chi connectivity index (χ0v) is 4.92. The molecule has 0 saturated heterocycles. The molecule has 1 rings (SSSR count). The summed E-state index contributed by atoms with van der Waals surface area (Å²) in [6.07, 6.45) is 0. The summed E-state index contributed by atoms with van der Waals surface area (Å²) in [5.41, 5.74) is 1.83. The number of rotatable bonds is 0. The molecule has 0 amide bonds. The molecule has 42 valence electrons. The van der Waals surface area contributed by atoms with E-state index in [-0.39, 0.29) is 0 Å². The van der Waals surface area contributed by atoms with Crippen LogP contribution < -0.4 is 0 Å². The van der Waals surface area contributed by atoms with Crippen molar-refractivity contribution in [2.75, 3.05) is 0 Å². The molecule has 0 aliphatic heterocycles. The van der Waals surface area contributed by atoms with Crippen LogP contribution >= 0.6 is 0 Å². The third kappa shape index (κ3) is 0.992. The van der Waals surface area contributed by atoms with Gasteiger partial charge in [0.25, 0.3) is 0 Å². The Morgan fingerprint density at radius 3 is 1.88 bits per heavy atom. The van der Waals surface area contributed by atoms with Crippen LogP contribution in [0.15, 0.2) is 6.07 Å². The normalized spacial score (nSPS) is 9.25. The second kappa shape index (κ2) is 1.86. The predicted molar refractivity (Wildman–Crippen MR) is 29.3 cm³/mol. The highest BCUT2D eigenvalue weighted by molar-refractivity contribution is 5.00. The fraction of sp³-hybridized carbons (Fsp3) is 0.400. The summed E-state index contributed by atoms with van der Waals surface area (Å²) >= 11 is 0. The molecule has 0 aliphatic carbocycles. The first-order valence-corrected chi connectivity index (χ1v) is 2.42. The lowest BCUT2D eigenvalue weighted by atomic mass is 10.4. The molecular weight excluding hydrogens is 102 g/mol. The molecule has 0 fully saturated rings. The van der Waals surface area contributed by atoms with Gasteiger partial charge >= 0.3 is 0 Å². The summed E-state index contributed by atoms with van der Waals surface area (Å²) in [7, 11) is 0. The van der Waals surface area contributed by atoms with Gasteiger partial charge in [0.05, 0.1) is 11.4 Å². The van der Waals surface area contributed by atoms with Gasteiger partial charge in [0.2, 0.25) is 0 Å². The van der Waals surface area contributed by atoms with Crippen molar-refractivity contribution in [2.24, 2.45) is 0 Å². The molecule has 0 aliphatic rings. The molecule has 0 aromatic carbocycles. The molecule has 8 heavy (non-hydrogen) atoms. The summed E-state index contributed by atoms with van der Waals surface area (Å²) in [4.78, 5) is 0. The maximum atomic E-state index is 3.68. The van der Waals surface area contributed by atoms with E-state index in [9.17, 15) is 0 Å². The van der Waals surface area contributed by atoms with Crippen molar-refractivity contribution >= 4 is 0 Å². The zero-order valence-electron chi connectivity index (χ0n) is 4.92. The highest BCUT2D eigenvalue weighted by Crippen LogP contribution is 1.89. The fourth-order valence-electron chi connectivity index (χ4n) is 0.523. The lowest BCUT2D eigenvalue weighted by molar-refractivity contribution is 0.815. The van der Waals surface area contributed by atoms with Crippen LogP contribution in [0, 0.1) is 13.8 Å². The minimum absolute atomic E-state index is 0.914. The maximum Gasteiger partial charge on any atom is 0.0636 e. The SMILES string of the molecule is Cc1cc(C)nnn1. The molecule has 0 N–H and O–H groups in total. The Bertz CT molecular complexity index is 168. The van der Waals surface area contributed by atoms with E-state index in [0.717, 1.165) is 11.4 Å². The van der Waals surface area contributed by atoms with E-state index in [1.165, 1.54) is 0 Å². The van der Waals surface area contributed by atoms with E-state index in [1.807, 2.05) is 19.9 Å². The average molecular weight is 109 g/mol. The standard InChI is InChI=1S/C5H7N3/c1-4-3-5(2)7-8-6-4/h3H,1-2H3. The Labute approximate surface area is 47.8 Å². The highest BCUT2D eigenvalue weighted by Gasteiger charge is 1.85. The van der Waals surface area contributed by atoms with Crippen molar-refractivity contribution in [3.05, 3.63) is 17.5 Å². The first-order valence-electron chi connectivity index (χ1n) is 2.42. The first kappa shape index (κ1) is 5.15. The van der Waals surface area contributed by atoms with Crippen molar-refractivity contribution in [1.29, 1.82) is 0 Å². The molecular formula is C5H7N3. The van der Waals surface area contributed by atoms with Crippen LogP contribution in [0.4, 0.5) is 0 Å². The molecule has 0 radical (unpaired) electrons. The number of hydrogen-bond acceptors (Lipinski definition) is 3. The summed E-state index contributed by atoms with van der Waals surface area (Å²) in [5.74, 6) is 0. The molecule has 0 bridgehead atoms. The molecule has 1 aromatic heterocycles. The van der Waals surface area contributed by atoms with Gasteiger partial charge in [-0.1, -0.05) is 0 Å². The van der Waals surface area contributed by atoms with Crippen molar-refractivity contribution < 1.29 is 0 Å². The topological polar surface area (TPSA) is 38.7 Å². The molecule has 1 aromatic rings. The van der Waals surface area contributed by atoms with E-state index in [2.05, 4.69) is 15.4 Å². The van der Waals surface area contributed by atoms with Gasteiger partial charge in [0.1, 0.15) is 0 Å². The Kier molecular flexibility index (Phi) is 1.20. The Balaban J connectivity index is 3.08. The number of nitrogens with zero attached hydrogens (tertiary/aromatic N) is 3. The number of aromatic nitrogens is 3. The van der Waals surface area contributed by atoms with Crippen LogP contribution in [0.2, 0.25) is 0 Å². The van der Waals surface area contributed by atoms with E-state index >= 15 is 0 Å². The second-order valence-corrected chi connectivity index (χ2v) is 1.72. The minimum atomic E-state index is 0.914. The van der Waals surface area contributed by atoms with Gasteiger partial charge in [0, 0.05) is 0 Å². The van der Waals surface area contributed by atoms with E-state index in [0.29, 0.717) is 0 Å². The lowest BCUT2D eigenvalue weighted by Gasteiger charge is -1.86. The van der Waals surface area contributed by atoms with Gasteiger partial charge in [-0.15, -0.1) is 10.2 Å². The quantitative estimate of drug-likeness (QED) is 0.486. The van der Waals surface area contributed by atoms with Crippen LogP contribution in [-0.2, 0) is 0 Å². The van der Waals surface area contributed by atoms with Crippen LogP contribution in [0.25, 0.3) is 0 Å². The molecule has 0 spiro atoms. The molecule has 0 atom stereocenters. The summed E-state index contributed by atoms with van der Waals surface area (Å²) in [6.45, 7) is 3.78. The largest absolute Gasteiger partial charge is 0.136 e. The predicted octanol–water partition coefficient (Wildman–Crippen LogP) is 0.488. The molecule has 0 unspecified atom stereocenters. The third-order valence-corrected chi connectivity index (χ3v) is 0.823. The molecule has 3 heteroatoms. The van der Waals surface area contributed by atoms with Crippen LogP contribution in [0.3, 0.4) is 0 Å². The lowest BCUT2D eigenvalue weighted by Crippen LogP contribution is -1.91. The van der Waals surface area contributed by atoms with Gasteiger partial charge in [-0.25, -0.2) is 0 Å². The minimum Gasteiger partial charge on any atom is -0.136 e. The average Bonchev–Trinajstić information content (AvgIpc) is 1.64. The van der Waals surface area contributed by atoms with Gasteiger partial charge in [0.15, 0.2) is 0 Å². The smallest absolute Gasteiger partial charge is 0.0636 e. The fourth-order valence-corrected chi connectivity index (χ4v) is 0.523. The molecule has 0 saturated carbocycles. The second-order valence-electron chi connectivity index (χ2n) is 1.72. The Morgan fingerprint density at radius 2 is 1.62 bits per heavy atom. The molecule has 1 heterocycles. The number of hydrogen-bond donors (Lipinski definition) is 0. The van der Waals surface area contributed by atoms with Crippen molar-refractivity contribution in [3.8, 4) is 0 Å². The van der Waals surface area contributed by atoms with Gasteiger partial charge < -0.3 is 0 Å². The summed E-state index contributed by atoms with van der Waals surface area (Å²) in [5, 5.41) is 10.8. The number of aryl methyl sites for hydroxylation is 2. The van der Waals surface area contributed by atoms with Crippen LogP contribution in [0.1, 0.15) is 11.4 Å². The first-order chi connectivity index (χ1) is 3.79. The Hall–Kier alpha value is -0.990.